The number of likely N-dealkylation sites (N-methyl/N-ethyl adjacent to an activating group) is 2. The highest BCUT2D eigenvalue weighted by Gasteiger charge is 2.54. The van der Waals surface area contributed by atoms with Crippen LogP contribution >= 0.6 is 11.6 Å². The highest BCUT2D eigenvalue weighted by Crippen LogP contribution is 2.29. The van der Waals surface area contributed by atoms with E-state index in [-0.39, 0.29) is 11.9 Å². The van der Waals surface area contributed by atoms with Gasteiger partial charge >= 0.3 is 12.0 Å². The number of imide groups is 1. The third-order valence-electron chi connectivity index (χ3n) is 5.80. The minimum Gasteiger partial charge on any atom is -0.489 e. The van der Waals surface area contributed by atoms with Crippen LogP contribution in [-0.4, -0.2) is 71.3 Å². The monoisotopic (exact) mass is 438 g/mol. The van der Waals surface area contributed by atoms with E-state index in [0.29, 0.717) is 42.3 Å². The van der Waals surface area contributed by atoms with Crippen LogP contribution in [0.25, 0.3) is 0 Å². The molecule has 1 saturated heterocycles. The number of urea groups is 1. The number of hydrogen-bond donors (Lipinski definition) is 0. The van der Waals surface area contributed by atoms with Crippen LogP contribution in [0.15, 0.2) is 53.5 Å². The molecular formula is C22H21ClN5O3+. The maximum absolute atomic E-state index is 12.7. The molecule has 0 saturated carbocycles. The predicted octanol–water partition coefficient (Wildman–Crippen LogP) is 2.41. The average Bonchev–Trinajstić information content (AvgIpc) is 3.35. The summed E-state index contributed by atoms with van der Waals surface area (Å²) in [5.74, 6) is 1.60. The van der Waals surface area contributed by atoms with Gasteiger partial charge in [-0.25, -0.2) is 14.3 Å². The molecule has 0 aliphatic carbocycles. The third kappa shape index (κ3) is 3.14. The first-order valence-corrected chi connectivity index (χ1v) is 10.3. The number of anilines is 1. The first-order valence-electron chi connectivity index (χ1n) is 9.97. The first-order chi connectivity index (χ1) is 15.0. The molecule has 0 spiro atoms. The lowest BCUT2D eigenvalue weighted by atomic mass is 10.1. The number of aliphatic imine (C=N–C) groups is 1. The lowest BCUT2D eigenvalue weighted by Gasteiger charge is -2.31. The van der Waals surface area contributed by atoms with E-state index in [9.17, 15) is 9.59 Å². The number of carbonyl (C=O) groups is 2. The van der Waals surface area contributed by atoms with Crippen molar-refractivity contribution in [2.24, 2.45) is 4.99 Å². The van der Waals surface area contributed by atoms with Crippen molar-refractivity contribution in [1.82, 2.24) is 9.80 Å². The average molecular weight is 439 g/mol. The Morgan fingerprint density at radius 1 is 1.13 bits per heavy atom. The number of ether oxygens (including phenoxy) is 1. The molecule has 1 fully saturated rings. The Labute approximate surface area is 184 Å². The number of halogens is 1. The number of guanidine groups is 1. The minimum absolute atomic E-state index is 0.254. The van der Waals surface area contributed by atoms with E-state index in [1.165, 1.54) is 11.9 Å². The standard InChI is InChI=1S/C22H21ClN5O3/c1-25-19-18(20(29)26(2)22(25)30)28-11-10-27(21(28)24-19)15-7-5-8-16(12-15)31-13-14-6-3-4-9-17(14)23/h3-9,12,18H,10-11,13H2,1-2H3/q+1. The second-order valence-electron chi connectivity index (χ2n) is 7.63. The highest BCUT2D eigenvalue weighted by atomic mass is 35.5. The number of carbonyl (C=O) groups excluding carboxylic acids is 2. The van der Waals surface area contributed by atoms with Crippen LogP contribution in [0.4, 0.5) is 10.5 Å². The zero-order chi connectivity index (χ0) is 21.7. The van der Waals surface area contributed by atoms with Crippen molar-refractivity contribution in [2.45, 2.75) is 12.6 Å². The lowest BCUT2D eigenvalue weighted by Crippen LogP contribution is -2.61. The first kappa shape index (κ1) is 19.6. The Morgan fingerprint density at radius 3 is 2.74 bits per heavy atom. The number of hydrogen-bond acceptors (Lipinski definition) is 5. The molecule has 9 heteroatoms. The molecule has 3 heterocycles. The number of benzene rings is 2. The van der Waals surface area contributed by atoms with Crippen molar-refractivity contribution in [2.75, 3.05) is 32.1 Å². The number of amides is 3. The Hall–Kier alpha value is -3.39. The van der Waals surface area contributed by atoms with Crippen LogP contribution in [0.3, 0.4) is 0 Å². The molecule has 0 bridgehead atoms. The molecule has 31 heavy (non-hydrogen) atoms. The number of fused-ring (bicyclic) bond motifs is 2. The summed E-state index contributed by atoms with van der Waals surface area (Å²) in [6, 6.07) is 14.4. The van der Waals surface area contributed by atoms with Gasteiger partial charge in [0.15, 0.2) is 0 Å². The molecule has 3 amide bonds. The van der Waals surface area contributed by atoms with Crippen LogP contribution < -0.4 is 9.64 Å². The van der Waals surface area contributed by atoms with Crippen molar-refractivity contribution in [1.29, 1.82) is 0 Å². The van der Waals surface area contributed by atoms with Gasteiger partial charge in [0.05, 0.1) is 6.54 Å². The van der Waals surface area contributed by atoms with Gasteiger partial charge in [0, 0.05) is 30.7 Å². The molecular weight excluding hydrogens is 418 g/mol. The zero-order valence-electron chi connectivity index (χ0n) is 17.2. The predicted molar refractivity (Wildman–Crippen MR) is 117 cm³/mol. The van der Waals surface area contributed by atoms with Gasteiger partial charge in [-0.05, 0) is 18.2 Å². The SMILES string of the molecule is CN1C(=O)C2C(=NC3=[N+]2CCN3c2cccc(OCc3ccccc3Cl)c2)N(C)C1=O. The van der Waals surface area contributed by atoms with Gasteiger partial charge in [-0.2, -0.15) is 0 Å². The van der Waals surface area contributed by atoms with E-state index in [1.807, 2.05) is 58.0 Å². The van der Waals surface area contributed by atoms with Crippen molar-refractivity contribution < 1.29 is 18.9 Å². The molecule has 0 N–H and O–H groups in total. The molecule has 1 unspecified atom stereocenters. The Bertz CT molecular complexity index is 1160. The molecule has 1 atom stereocenters. The number of nitrogens with zero attached hydrogens (tertiary/aromatic N) is 5. The largest absolute Gasteiger partial charge is 0.489 e. The fourth-order valence-electron chi connectivity index (χ4n) is 4.10. The van der Waals surface area contributed by atoms with Gasteiger partial charge in [-0.1, -0.05) is 40.9 Å². The van der Waals surface area contributed by atoms with E-state index in [0.717, 1.165) is 16.2 Å². The van der Waals surface area contributed by atoms with E-state index in [1.54, 1.807) is 7.05 Å². The Kier molecular flexibility index (Phi) is 4.66. The quantitative estimate of drug-likeness (QED) is 0.687. The van der Waals surface area contributed by atoms with Gasteiger partial charge in [0.1, 0.15) is 24.6 Å². The summed E-state index contributed by atoms with van der Waals surface area (Å²) < 4.78 is 7.91. The fourth-order valence-corrected chi connectivity index (χ4v) is 4.29. The van der Waals surface area contributed by atoms with Gasteiger partial charge in [0.2, 0.25) is 11.9 Å². The van der Waals surface area contributed by atoms with Gasteiger partial charge in [-0.15, -0.1) is 0 Å². The summed E-state index contributed by atoms with van der Waals surface area (Å²) in [5.41, 5.74) is 1.82. The highest BCUT2D eigenvalue weighted by molar-refractivity contribution is 6.31. The molecule has 0 radical (unpaired) electrons. The molecule has 158 valence electrons. The minimum atomic E-state index is -0.563. The summed E-state index contributed by atoms with van der Waals surface area (Å²) in [5, 5.41) is 0.669. The van der Waals surface area contributed by atoms with E-state index >= 15 is 0 Å². The van der Waals surface area contributed by atoms with Gasteiger partial charge in [-0.3, -0.25) is 14.6 Å². The maximum atomic E-state index is 12.7. The van der Waals surface area contributed by atoms with Crippen LogP contribution in [0.5, 0.6) is 5.75 Å². The molecule has 5 rings (SSSR count). The lowest BCUT2D eigenvalue weighted by molar-refractivity contribution is -0.525. The van der Waals surface area contributed by atoms with Crippen molar-refractivity contribution in [3.8, 4) is 5.75 Å². The second kappa shape index (κ2) is 7.39. The van der Waals surface area contributed by atoms with E-state index < -0.39 is 6.04 Å². The number of amidine groups is 1. The third-order valence-corrected chi connectivity index (χ3v) is 6.17. The topological polar surface area (TPSA) is 68.5 Å². The van der Waals surface area contributed by atoms with Gasteiger partial charge < -0.3 is 4.74 Å². The van der Waals surface area contributed by atoms with Crippen molar-refractivity contribution in [3.05, 3.63) is 59.1 Å². The van der Waals surface area contributed by atoms with Crippen molar-refractivity contribution >= 4 is 41.0 Å². The number of rotatable bonds is 4. The normalized spacial score (nSPS) is 20.3. The van der Waals surface area contributed by atoms with Crippen LogP contribution in [0.2, 0.25) is 5.02 Å². The summed E-state index contributed by atoms with van der Waals surface area (Å²) in [6.45, 7) is 1.69. The molecule has 3 aliphatic rings. The zero-order valence-corrected chi connectivity index (χ0v) is 17.9. The Balaban J connectivity index is 1.40. The molecule has 3 aliphatic heterocycles. The fraction of sp³-hybridized carbons (Fsp3) is 0.273. The Morgan fingerprint density at radius 2 is 1.94 bits per heavy atom. The van der Waals surface area contributed by atoms with Crippen LogP contribution in [0.1, 0.15) is 5.56 Å². The van der Waals surface area contributed by atoms with Crippen molar-refractivity contribution in [3.63, 3.8) is 0 Å². The summed E-state index contributed by atoms with van der Waals surface area (Å²) in [6.07, 6.45) is 0. The molecule has 2 aromatic carbocycles. The summed E-state index contributed by atoms with van der Waals surface area (Å²) >= 11 is 6.22. The van der Waals surface area contributed by atoms with Crippen LogP contribution in [0, 0.1) is 0 Å². The van der Waals surface area contributed by atoms with E-state index in [4.69, 9.17) is 16.3 Å². The smallest absolute Gasteiger partial charge is 0.397 e. The van der Waals surface area contributed by atoms with E-state index in [2.05, 4.69) is 4.99 Å². The van der Waals surface area contributed by atoms with Gasteiger partial charge in [0.25, 0.3) is 5.91 Å². The molecule has 8 nitrogen and oxygen atoms in total. The van der Waals surface area contributed by atoms with Crippen LogP contribution in [-0.2, 0) is 11.4 Å². The molecule has 2 aromatic rings. The second-order valence-corrected chi connectivity index (χ2v) is 8.04. The summed E-state index contributed by atoms with van der Waals surface area (Å²) in [4.78, 5) is 34.3. The maximum Gasteiger partial charge on any atom is 0.397 e. The molecule has 0 aromatic heterocycles. The summed E-state index contributed by atoms with van der Waals surface area (Å²) in [7, 11) is 3.15.